The van der Waals surface area contributed by atoms with Gasteiger partial charge in [-0.3, -0.25) is 4.79 Å². The minimum absolute atomic E-state index is 0.0274. The molecule has 2 aliphatic rings. The average Bonchev–Trinajstić information content (AvgIpc) is 3.29. The first-order valence-electron chi connectivity index (χ1n) is 9.77. The van der Waals surface area contributed by atoms with Crippen molar-refractivity contribution in [2.24, 2.45) is 5.92 Å². The van der Waals surface area contributed by atoms with Crippen LogP contribution in [0.15, 0.2) is 16.8 Å². The van der Waals surface area contributed by atoms with E-state index in [4.69, 9.17) is 14.2 Å². The Morgan fingerprint density at radius 3 is 2.81 bits per heavy atom. The van der Waals surface area contributed by atoms with Gasteiger partial charge in [0.2, 0.25) is 5.91 Å². The van der Waals surface area contributed by atoms with Crippen molar-refractivity contribution in [2.75, 3.05) is 19.8 Å². The van der Waals surface area contributed by atoms with Gasteiger partial charge in [0.05, 0.1) is 23.0 Å². The van der Waals surface area contributed by atoms with Gasteiger partial charge >= 0.3 is 0 Å². The van der Waals surface area contributed by atoms with Crippen molar-refractivity contribution in [3.63, 3.8) is 0 Å². The first-order chi connectivity index (χ1) is 13.1. The van der Waals surface area contributed by atoms with Crippen molar-refractivity contribution in [2.45, 2.75) is 52.0 Å². The summed E-state index contributed by atoms with van der Waals surface area (Å²) in [4.78, 5) is 24.1. The first-order valence-corrected chi connectivity index (χ1v) is 9.77. The number of likely N-dealkylation sites (tertiary alicyclic amines) is 1. The fourth-order valence-electron chi connectivity index (χ4n) is 4.17. The molecule has 144 valence electrons. The molecule has 27 heavy (non-hydrogen) atoms. The maximum atomic E-state index is 12.9. The van der Waals surface area contributed by atoms with Gasteiger partial charge in [-0.25, -0.2) is 9.97 Å². The van der Waals surface area contributed by atoms with E-state index in [1.165, 1.54) is 0 Å². The maximum Gasteiger partial charge on any atom is 0.223 e. The maximum absolute atomic E-state index is 12.9. The van der Waals surface area contributed by atoms with Crippen molar-refractivity contribution >= 4 is 5.91 Å². The Labute approximate surface area is 159 Å². The lowest BCUT2D eigenvalue weighted by Crippen LogP contribution is -2.33. The van der Waals surface area contributed by atoms with Crippen LogP contribution in [0.1, 0.15) is 55.3 Å². The minimum atomic E-state index is 0.0274. The van der Waals surface area contributed by atoms with Crippen LogP contribution >= 0.6 is 0 Å². The van der Waals surface area contributed by atoms with Crippen LogP contribution < -0.4 is 0 Å². The van der Waals surface area contributed by atoms with Crippen molar-refractivity contribution in [1.82, 2.24) is 20.0 Å². The van der Waals surface area contributed by atoms with Gasteiger partial charge in [0.1, 0.15) is 5.76 Å². The minimum Gasteiger partial charge on any atom is -0.381 e. The molecule has 7 nitrogen and oxygen atoms in total. The standard InChI is InChI=1S/C20H26N4O3/c1-13-19(14(2)27-23-13)20-21-8-5-16(22-20)17-4-3-9-24(17)18(25)12-15-6-10-26-11-7-15/h5,8,15,17H,3-4,6-7,9-12H2,1-2H3. The molecule has 1 atom stereocenters. The van der Waals surface area contributed by atoms with Crippen LogP contribution in [-0.2, 0) is 9.53 Å². The third kappa shape index (κ3) is 3.74. The van der Waals surface area contributed by atoms with E-state index < -0.39 is 0 Å². The molecule has 1 amide bonds. The Morgan fingerprint density at radius 2 is 2.07 bits per heavy atom. The van der Waals surface area contributed by atoms with Crippen molar-refractivity contribution in [3.8, 4) is 11.4 Å². The predicted octanol–water partition coefficient (Wildman–Crippen LogP) is 3.23. The molecule has 0 radical (unpaired) electrons. The summed E-state index contributed by atoms with van der Waals surface area (Å²) in [6.07, 6.45) is 6.29. The molecule has 2 aromatic rings. The second-order valence-corrected chi connectivity index (χ2v) is 7.51. The second-order valence-electron chi connectivity index (χ2n) is 7.51. The molecule has 4 rings (SSSR count). The Balaban J connectivity index is 1.53. The Kier molecular flexibility index (Phi) is 5.20. The number of carbonyl (C=O) groups is 1. The van der Waals surface area contributed by atoms with Crippen LogP contribution in [0.25, 0.3) is 11.4 Å². The molecule has 0 aromatic carbocycles. The van der Waals surface area contributed by atoms with E-state index in [9.17, 15) is 4.79 Å². The lowest BCUT2D eigenvalue weighted by atomic mass is 9.95. The Bertz CT molecular complexity index is 794. The Morgan fingerprint density at radius 1 is 1.26 bits per heavy atom. The summed E-state index contributed by atoms with van der Waals surface area (Å²) in [5.74, 6) is 2.01. The van der Waals surface area contributed by atoms with Gasteiger partial charge in [0.25, 0.3) is 0 Å². The number of rotatable bonds is 4. The second kappa shape index (κ2) is 7.76. The monoisotopic (exact) mass is 370 g/mol. The summed E-state index contributed by atoms with van der Waals surface area (Å²) in [5, 5.41) is 4.00. The van der Waals surface area contributed by atoms with E-state index in [0.717, 1.165) is 62.4 Å². The molecule has 0 saturated carbocycles. The van der Waals surface area contributed by atoms with E-state index in [-0.39, 0.29) is 11.9 Å². The summed E-state index contributed by atoms with van der Waals surface area (Å²) < 4.78 is 10.7. The highest BCUT2D eigenvalue weighted by atomic mass is 16.5. The molecule has 2 fully saturated rings. The number of aromatic nitrogens is 3. The zero-order valence-corrected chi connectivity index (χ0v) is 16.0. The summed E-state index contributed by atoms with van der Waals surface area (Å²) in [7, 11) is 0. The Hall–Kier alpha value is -2.28. The van der Waals surface area contributed by atoms with Crippen LogP contribution in [0.4, 0.5) is 0 Å². The zero-order valence-electron chi connectivity index (χ0n) is 16.0. The molecule has 0 spiro atoms. The number of ether oxygens (including phenoxy) is 1. The van der Waals surface area contributed by atoms with E-state index in [1.807, 2.05) is 24.8 Å². The SMILES string of the molecule is Cc1noc(C)c1-c1nccc(C2CCCN2C(=O)CC2CCOCC2)n1. The summed E-state index contributed by atoms with van der Waals surface area (Å²) >= 11 is 0. The quantitative estimate of drug-likeness (QED) is 0.822. The molecule has 0 N–H and O–H groups in total. The topological polar surface area (TPSA) is 81.4 Å². The molecule has 2 aliphatic heterocycles. The van der Waals surface area contributed by atoms with Gasteiger partial charge < -0.3 is 14.2 Å². The van der Waals surface area contributed by atoms with E-state index >= 15 is 0 Å². The largest absolute Gasteiger partial charge is 0.381 e. The zero-order chi connectivity index (χ0) is 18.8. The molecular weight excluding hydrogens is 344 g/mol. The smallest absolute Gasteiger partial charge is 0.223 e. The van der Waals surface area contributed by atoms with Gasteiger partial charge in [0, 0.05) is 32.4 Å². The average molecular weight is 370 g/mol. The molecule has 2 saturated heterocycles. The third-order valence-corrected chi connectivity index (χ3v) is 5.65. The third-order valence-electron chi connectivity index (χ3n) is 5.65. The lowest BCUT2D eigenvalue weighted by molar-refractivity contribution is -0.133. The first kappa shape index (κ1) is 18.1. The van der Waals surface area contributed by atoms with Gasteiger partial charge in [-0.15, -0.1) is 0 Å². The van der Waals surface area contributed by atoms with Gasteiger partial charge in [-0.2, -0.15) is 0 Å². The molecule has 4 heterocycles. The lowest BCUT2D eigenvalue weighted by Gasteiger charge is -2.28. The van der Waals surface area contributed by atoms with Gasteiger partial charge in [-0.1, -0.05) is 5.16 Å². The van der Waals surface area contributed by atoms with Crippen molar-refractivity contribution < 1.29 is 14.1 Å². The van der Waals surface area contributed by atoms with E-state index in [1.54, 1.807) is 6.20 Å². The summed E-state index contributed by atoms with van der Waals surface area (Å²) in [5.41, 5.74) is 2.52. The number of hydrogen-bond acceptors (Lipinski definition) is 6. The number of nitrogens with zero attached hydrogens (tertiary/aromatic N) is 4. The molecular formula is C20H26N4O3. The van der Waals surface area contributed by atoms with Crippen LogP contribution in [0, 0.1) is 19.8 Å². The van der Waals surface area contributed by atoms with Gasteiger partial charge in [-0.05, 0) is 51.5 Å². The fourth-order valence-corrected chi connectivity index (χ4v) is 4.17. The summed E-state index contributed by atoms with van der Waals surface area (Å²) in [6.45, 7) is 6.10. The van der Waals surface area contributed by atoms with Crippen molar-refractivity contribution in [3.05, 3.63) is 29.4 Å². The van der Waals surface area contributed by atoms with Crippen LogP contribution in [0.5, 0.6) is 0 Å². The number of aryl methyl sites for hydroxylation is 2. The van der Waals surface area contributed by atoms with E-state index in [2.05, 4.69) is 10.1 Å². The molecule has 0 bridgehead atoms. The van der Waals surface area contributed by atoms with Gasteiger partial charge in [0.15, 0.2) is 5.82 Å². The number of amides is 1. The molecule has 1 unspecified atom stereocenters. The molecule has 0 aliphatic carbocycles. The van der Waals surface area contributed by atoms with Crippen LogP contribution in [0.2, 0.25) is 0 Å². The van der Waals surface area contributed by atoms with Crippen molar-refractivity contribution in [1.29, 1.82) is 0 Å². The normalized spacial score (nSPS) is 21.0. The molecule has 7 heteroatoms. The summed E-state index contributed by atoms with van der Waals surface area (Å²) in [6, 6.07) is 1.95. The highest BCUT2D eigenvalue weighted by Crippen LogP contribution is 2.34. The highest BCUT2D eigenvalue weighted by molar-refractivity contribution is 5.77. The number of carbonyl (C=O) groups excluding carboxylic acids is 1. The van der Waals surface area contributed by atoms with E-state index in [0.29, 0.717) is 23.9 Å². The molecule has 2 aromatic heterocycles. The van der Waals surface area contributed by atoms with Crippen LogP contribution in [-0.4, -0.2) is 45.7 Å². The highest BCUT2D eigenvalue weighted by Gasteiger charge is 2.32. The number of hydrogen-bond donors (Lipinski definition) is 0. The fraction of sp³-hybridized carbons (Fsp3) is 0.600. The predicted molar refractivity (Wildman–Crippen MR) is 98.9 cm³/mol. The van der Waals surface area contributed by atoms with Crippen LogP contribution in [0.3, 0.4) is 0 Å².